The fraction of sp³-hybridized carbons (Fsp3) is 0.286. The monoisotopic (exact) mass is 348 g/mol. The minimum Gasteiger partial charge on any atom is -0.254 e. The minimum atomic E-state index is -4.00. The molecule has 0 atom stereocenters. The Morgan fingerprint density at radius 2 is 2.07 bits per heavy atom. The third-order valence-corrected chi connectivity index (χ3v) is 4.03. The van der Waals surface area contributed by atoms with Crippen LogP contribution in [-0.2, 0) is 10.0 Å². The summed E-state index contributed by atoms with van der Waals surface area (Å²) in [6.07, 6.45) is -1.75. The van der Waals surface area contributed by atoms with Crippen molar-refractivity contribution in [1.82, 2.24) is 4.98 Å². The van der Waals surface area contributed by atoms with E-state index in [1.54, 1.807) is 22.6 Å². The van der Waals surface area contributed by atoms with Crippen LogP contribution in [0, 0.1) is 10.5 Å². The third-order valence-electron chi connectivity index (χ3n) is 1.75. The van der Waals surface area contributed by atoms with Crippen LogP contribution in [0.1, 0.15) is 17.7 Å². The number of pyridine rings is 1. The summed E-state index contributed by atoms with van der Waals surface area (Å²) in [7, 11) is -4.00. The summed E-state index contributed by atoms with van der Waals surface area (Å²) >= 11 is 1.68. The highest BCUT2D eigenvalue weighted by Crippen LogP contribution is 2.27. The Morgan fingerprint density at radius 3 is 2.47 bits per heavy atom. The highest BCUT2D eigenvalue weighted by molar-refractivity contribution is 14.1. The topological polar surface area (TPSA) is 73.0 Å². The molecule has 1 aromatic heterocycles. The van der Waals surface area contributed by atoms with Crippen molar-refractivity contribution in [3.05, 3.63) is 21.0 Å². The minimum absolute atomic E-state index is 0.0978. The third kappa shape index (κ3) is 2.61. The average molecular weight is 348 g/mol. The maximum Gasteiger partial charge on any atom is 0.280 e. The Balaban J connectivity index is 3.59. The summed E-state index contributed by atoms with van der Waals surface area (Å²) in [5.41, 5.74) is -0.654. The van der Waals surface area contributed by atoms with Gasteiger partial charge in [0.2, 0.25) is 10.0 Å². The number of rotatable bonds is 2. The van der Waals surface area contributed by atoms with E-state index in [4.69, 9.17) is 5.14 Å². The SMILES string of the molecule is Cc1c(C(F)F)ncc(I)c1S(N)(=O)=O. The van der Waals surface area contributed by atoms with Crippen molar-refractivity contribution in [2.24, 2.45) is 5.14 Å². The summed E-state index contributed by atoms with van der Waals surface area (Å²) in [5, 5.41) is 4.92. The number of hydrogen-bond acceptors (Lipinski definition) is 3. The molecule has 1 rings (SSSR count). The maximum atomic E-state index is 12.4. The van der Waals surface area contributed by atoms with Gasteiger partial charge in [-0.1, -0.05) is 0 Å². The number of aromatic nitrogens is 1. The van der Waals surface area contributed by atoms with E-state index in [1.165, 1.54) is 6.92 Å². The number of nitrogens with two attached hydrogens (primary N) is 1. The van der Waals surface area contributed by atoms with Crippen molar-refractivity contribution in [2.75, 3.05) is 0 Å². The van der Waals surface area contributed by atoms with Crippen molar-refractivity contribution < 1.29 is 17.2 Å². The lowest BCUT2D eigenvalue weighted by atomic mass is 10.2. The molecular weight excluding hydrogens is 341 g/mol. The smallest absolute Gasteiger partial charge is 0.254 e. The summed E-state index contributed by atoms with van der Waals surface area (Å²) in [6, 6.07) is 0. The van der Waals surface area contributed by atoms with Crippen molar-refractivity contribution >= 4 is 32.6 Å². The van der Waals surface area contributed by atoms with Crippen LogP contribution in [0.3, 0.4) is 0 Å². The normalized spacial score (nSPS) is 12.1. The Hall–Kier alpha value is -0.350. The molecule has 15 heavy (non-hydrogen) atoms. The Bertz CT molecular complexity index is 490. The van der Waals surface area contributed by atoms with Crippen molar-refractivity contribution in [3.63, 3.8) is 0 Å². The molecule has 0 radical (unpaired) electrons. The first-order valence-corrected chi connectivity index (χ1v) is 6.33. The first-order chi connectivity index (χ1) is 6.75. The predicted molar refractivity (Wildman–Crippen MR) is 58.0 cm³/mol. The van der Waals surface area contributed by atoms with Crippen LogP contribution in [0.4, 0.5) is 8.78 Å². The highest BCUT2D eigenvalue weighted by Gasteiger charge is 2.22. The number of sulfonamides is 1. The van der Waals surface area contributed by atoms with Gasteiger partial charge in [-0.2, -0.15) is 0 Å². The van der Waals surface area contributed by atoms with Gasteiger partial charge in [0.25, 0.3) is 6.43 Å². The molecule has 0 saturated heterocycles. The molecule has 0 amide bonds. The molecule has 0 bridgehead atoms. The van der Waals surface area contributed by atoms with Gasteiger partial charge in [-0.3, -0.25) is 4.98 Å². The lowest BCUT2D eigenvalue weighted by Gasteiger charge is -2.09. The first kappa shape index (κ1) is 12.7. The molecule has 0 aliphatic heterocycles. The number of hydrogen-bond donors (Lipinski definition) is 1. The van der Waals surface area contributed by atoms with Crippen LogP contribution < -0.4 is 5.14 Å². The van der Waals surface area contributed by atoms with Gasteiger partial charge >= 0.3 is 0 Å². The number of primary sulfonamides is 1. The van der Waals surface area contributed by atoms with E-state index >= 15 is 0 Å². The van der Waals surface area contributed by atoms with E-state index in [0.29, 0.717) is 0 Å². The molecule has 84 valence electrons. The van der Waals surface area contributed by atoms with Crippen LogP contribution >= 0.6 is 22.6 Å². The zero-order chi connectivity index (χ0) is 11.8. The van der Waals surface area contributed by atoms with Gasteiger partial charge < -0.3 is 0 Å². The second kappa shape index (κ2) is 4.26. The van der Waals surface area contributed by atoms with Gasteiger partial charge in [-0.25, -0.2) is 22.3 Å². The maximum absolute atomic E-state index is 12.4. The zero-order valence-corrected chi connectivity index (χ0v) is 10.5. The molecule has 0 aromatic carbocycles. The lowest BCUT2D eigenvalue weighted by Crippen LogP contribution is -2.17. The Morgan fingerprint density at radius 1 is 1.53 bits per heavy atom. The van der Waals surface area contributed by atoms with Crippen LogP contribution in [0.15, 0.2) is 11.1 Å². The van der Waals surface area contributed by atoms with Gasteiger partial charge in [-0.05, 0) is 35.1 Å². The largest absolute Gasteiger partial charge is 0.280 e. The molecular formula is C7H7F2IN2O2S. The molecule has 0 fully saturated rings. The van der Waals surface area contributed by atoms with Gasteiger partial charge in [-0.15, -0.1) is 0 Å². The Labute approximate surface area is 99.1 Å². The average Bonchev–Trinajstić information content (AvgIpc) is 2.00. The molecule has 0 saturated carbocycles. The molecule has 0 unspecified atom stereocenters. The van der Waals surface area contributed by atoms with E-state index in [1.807, 2.05) is 0 Å². The highest BCUT2D eigenvalue weighted by atomic mass is 127. The molecule has 1 heterocycles. The second-order valence-corrected chi connectivity index (χ2v) is 5.45. The van der Waals surface area contributed by atoms with E-state index in [0.717, 1.165) is 6.20 Å². The fourth-order valence-corrected chi connectivity index (χ4v) is 3.47. The van der Waals surface area contributed by atoms with Gasteiger partial charge in [0, 0.05) is 6.20 Å². The van der Waals surface area contributed by atoms with Gasteiger partial charge in [0.1, 0.15) is 10.6 Å². The van der Waals surface area contributed by atoms with E-state index < -0.39 is 22.1 Å². The summed E-state index contributed by atoms with van der Waals surface area (Å²) in [6.45, 7) is 1.26. The molecule has 0 aliphatic rings. The summed E-state index contributed by atoms with van der Waals surface area (Å²) in [4.78, 5) is 3.19. The number of nitrogens with zero attached hydrogens (tertiary/aromatic N) is 1. The quantitative estimate of drug-likeness (QED) is 0.825. The standard InChI is InChI=1S/C7H7F2IN2O2S/c1-3-5(7(8)9)12-2-4(10)6(3)15(11,13)14/h2,7H,1H3,(H2,11,13,14). The van der Waals surface area contributed by atoms with Crippen molar-refractivity contribution in [1.29, 1.82) is 0 Å². The molecule has 1 aromatic rings. The van der Waals surface area contributed by atoms with Crippen molar-refractivity contribution in [2.45, 2.75) is 18.2 Å². The van der Waals surface area contributed by atoms with E-state index in [9.17, 15) is 17.2 Å². The lowest BCUT2D eigenvalue weighted by molar-refractivity contribution is 0.145. The van der Waals surface area contributed by atoms with Crippen LogP contribution in [-0.4, -0.2) is 13.4 Å². The zero-order valence-electron chi connectivity index (χ0n) is 7.54. The fourth-order valence-electron chi connectivity index (χ4n) is 1.15. The van der Waals surface area contributed by atoms with Crippen LogP contribution in [0.5, 0.6) is 0 Å². The van der Waals surface area contributed by atoms with Crippen LogP contribution in [0.25, 0.3) is 0 Å². The first-order valence-electron chi connectivity index (χ1n) is 3.71. The van der Waals surface area contributed by atoms with Gasteiger partial charge in [0.05, 0.1) is 3.57 Å². The molecule has 0 spiro atoms. The summed E-state index contributed by atoms with van der Waals surface area (Å²) < 4.78 is 47.4. The van der Waals surface area contributed by atoms with Crippen molar-refractivity contribution in [3.8, 4) is 0 Å². The van der Waals surface area contributed by atoms with E-state index in [2.05, 4.69) is 4.98 Å². The van der Waals surface area contributed by atoms with Gasteiger partial charge in [0.15, 0.2) is 0 Å². The number of alkyl halides is 2. The predicted octanol–water partition coefficient (Wildman–Crippen LogP) is 1.58. The molecule has 8 heteroatoms. The Kier molecular flexibility index (Phi) is 3.61. The molecule has 2 N–H and O–H groups in total. The van der Waals surface area contributed by atoms with E-state index in [-0.39, 0.29) is 14.0 Å². The second-order valence-electron chi connectivity index (χ2n) is 2.79. The molecule has 4 nitrogen and oxygen atoms in total. The number of halogens is 3. The van der Waals surface area contributed by atoms with Crippen LogP contribution in [0.2, 0.25) is 0 Å². The summed E-state index contributed by atoms with van der Waals surface area (Å²) in [5.74, 6) is 0. The molecule has 0 aliphatic carbocycles.